The molecule has 0 fully saturated rings. The maximum atomic E-state index is 5.35. The first-order valence-corrected chi connectivity index (χ1v) is 2.68. The molecule has 0 aliphatic carbocycles. The van der Waals surface area contributed by atoms with Gasteiger partial charge in [0.2, 0.25) is 0 Å². The molecule has 0 aliphatic rings. The van der Waals surface area contributed by atoms with Gasteiger partial charge in [0.15, 0.2) is 0 Å². The smallest absolute Gasteiger partial charge is 0.00462 e. The lowest BCUT2D eigenvalue weighted by Crippen LogP contribution is -2.14. The van der Waals surface area contributed by atoms with E-state index in [2.05, 4.69) is 20.8 Å². The molecule has 1 heteroatoms. The average Bonchev–Trinajstić information content (AvgIpc) is 1.65. The van der Waals surface area contributed by atoms with Crippen LogP contribution in [0.1, 0.15) is 20.8 Å². The van der Waals surface area contributed by atoms with E-state index >= 15 is 0 Å². The topological polar surface area (TPSA) is 26.0 Å². The average molecular weight is 100 g/mol. The van der Waals surface area contributed by atoms with Gasteiger partial charge in [-0.2, -0.15) is 0 Å². The molecule has 0 aromatic rings. The van der Waals surface area contributed by atoms with Crippen molar-refractivity contribution in [1.82, 2.24) is 0 Å². The minimum absolute atomic E-state index is 0.597. The molecule has 0 heterocycles. The SMILES string of the molecule is C[C](C)C(C)CN. The monoisotopic (exact) mass is 100 g/mol. The van der Waals surface area contributed by atoms with E-state index in [0.717, 1.165) is 6.54 Å². The lowest BCUT2D eigenvalue weighted by Gasteiger charge is -2.09. The summed E-state index contributed by atoms with van der Waals surface area (Å²) in [7, 11) is 0. The van der Waals surface area contributed by atoms with Gasteiger partial charge in [0.05, 0.1) is 0 Å². The zero-order chi connectivity index (χ0) is 5.86. The second-order valence-corrected chi connectivity index (χ2v) is 2.21. The summed E-state index contributed by atoms with van der Waals surface area (Å²) in [6.45, 7) is 7.13. The highest BCUT2D eigenvalue weighted by Gasteiger charge is 2.02. The minimum Gasteiger partial charge on any atom is -0.330 e. The van der Waals surface area contributed by atoms with Crippen LogP contribution in [0.5, 0.6) is 0 Å². The molecule has 0 bridgehead atoms. The fraction of sp³-hybridized carbons (Fsp3) is 0.833. The van der Waals surface area contributed by atoms with Crippen LogP contribution < -0.4 is 5.73 Å². The van der Waals surface area contributed by atoms with E-state index in [0.29, 0.717) is 5.92 Å². The van der Waals surface area contributed by atoms with Gasteiger partial charge in [0.25, 0.3) is 0 Å². The summed E-state index contributed by atoms with van der Waals surface area (Å²) < 4.78 is 0. The Morgan fingerprint density at radius 3 is 2.00 bits per heavy atom. The third-order valence-corrected chi connectivity index (χ3v) is 1.34. The van der Waals surface area contributed by atoms with Crippen LogP contribution in [0, 0.1) is 11.8 Å². The molecule has 1 radical (unpaired) electrons. The largest absolute Gasteiger partial charge is 0.330 e. The van der Waals surface area contributed by atoms with E-state index in [1.54, 1.807) is 0 Å². The van der Waals surface area contributed by atoms with Gasteiger partial charge < -0.3 is 5.73 Å². The van der Waals surface area contributed by atoms with Crippen molar-refractivity contribution in [2.75, 3.05) is 6.54 Å². The standard InChI is InChI=1S/C6H14N/c1-5(2)6(3)4-7/h6H,4,7H2,1-3H3. The highest BCUT2D eigenvalue weighted by Crippen LogP contribution is 2.08. The summed E-state index contributed by atoms with van der Waals surface area (Å²) in [5.74, 6) is 2.02. The van der Waals surface area contributed by atoms with Crippen LogP contribution in [0.2, 0.25) is 0 Å². The third-order valence-electron chi connectivity index (χ3n) is 1.34. The molecule has 0 saturated carbocycles. The summed E-state index contributed by atoms with van der Waals surface area (Å²) in [5, 5.41) is 0. The Morgan fingerprint density at radius 1 is 1.57 bits per heavy atom. The van der Waals surface area contributed by atoms with E-state index in [-0.39, 0.29) is 0 Å². The summed E-state index contributed by atoms with van der Waals surface area (Å²) >= 11 is 0. The van der Waals surface area contributed by atoms with Gasteiger partial charge in [-0.1, -0.05) is 20.8 Å². The molecule has 0 spiro atoms. The number of rotatable bonds is 2. The lowest BCUT2D eigenvalue weighted by atomic mass is 9.99. The maximum absolute atomic E-state index is 5.35. The summed E-state index contributed by atoms with van der Waals surface area (Å²) in [4.78, 5) is 0. The summed E-state index contributed by atoms with van der Waals surface area (Å²) in [5.41, 5.74) is 5.35. The molecular weight excluding hydrogens is 86.1 g/mol. The third kappa shape index (κ3) is 2.63. The predicted molar refractivity (Wildman–Crippen MR) is 32.8 cm³/mol. The van der Waals surface area contributed by atoms with E-state index in [1.165, 1.54) is 5.92 Å². The Labute approximate surface area is 45.9 Å². The van der Waals surface area contributed by atoms with E-state index in [4.69, 9.17) is 5.73 Å². The number of hydrogen-bond acceptors (Lipinski definition) is 1. The predicted octanol–water partition coefficient (Wildman–Crippen LogP) is 1.20. The fourth-order valence-corrected chi connectivity index (χ4v) is 0.236. The van der Waals surface area contributed by atoms with E-state index in [9.17, 15) is 0 Å². The first-order valence-electron chi connectivity index (χ1n) is 2.68. The van der Waals surface area contributed by atoms with Gasteiger partial charge in [0, 0.05) is 0 Å². The van der Waals surface area contributed by atoms with Crippen molar-refractivity contribution in [3.05, 3.63) is 5.92 Å². The quantitative estimate of drug-likeness (QED) is 0.554. The summed E-state index contributed by atoms with van der Waals surface area (Å²) in [6, 6.07) is 0. The molecule has 0 amide bonds. The molecule has 1 atom stereocenters. The normalized spacial score (nSPS) is 15.0. The van der Waals surface area contributed by atoms with Gasteiger partial charge in [-0.15, -0.1) is 0 Å². The molecule has 2 N–H and O–H groups in total. The van der Waals surface area contributed by atoms with E-state index < -0.39 is 0 Å². The Hall–Kier alpha value is -0.0400. The molecule has 43 valence electrons. The Balaban J connectivity index is 3.14. The molecule has 0 aromatic carbocycles. The molecule has 7 heavy (non-hydrogen) atoms. The molecule has 0 rings (SSSR count). The fourth-order valence-electron chi connectivity index (χ4n) is 0.236. The van der Waals surface area contributed by atoms with Crippen molar-refractivity contribution >= 4 is 0 Å². The molecule has 1 nitrogen and oxygen atoms in total. The van der Waals surface area contributed by atoms with Crippen molar-refractivity contribution in [2.45, 2.75) is 20.8 Å². The lowest BCUT2D eigenvalue weighted by molar-refractivity contribution is 0.615. The van der Waals surface area contributed by atoms with Crippen LogP contribution in [0.4, 0.5) is 0 Å². The Kier molecular flexibility index (Phi) is 3.01. The second-order valence-electron chi connectivity index (χ2n) is 2.21. The molecule has 1 unspecified atom stereocenters. The van der Waals surface area contributed by atoms with Crippen molar-refractivity contribution in [3.8, 4) is 0 Å². The first kappa shape index (κ1) is 6.96. The van der Waals surface area contributed by atoms with Crippen LogP contribution in [0.15, 0.2) is 0 Å². The van der Waals surface area contributed by atoms with Crippen LogP contribution in [0.25, 0.3) is 0 Å². The van der Waals surface area contributed by atoms with Crippen LogP contribution in [0.3, 0.4) is 0 Å². The van der Waals surface area contributed by atoms with Crippen molar-refractivity contribution in [2.24, 2.45) is 11.7 Å². The highest BCUT2D eigenvalue weighted by molar-refractivity contribution is 4.83. The zero-order valence-electron chi connectivity index (χ0n) is 5.36. The van der Waals surface area contributed by atoms with Gasteiger partial charge in [-0.3, -0.25) is 0 Å². The van der Waals surface area contributed by atoms with Gasteiger partial charge in [-0.25, -0.2) is 0 Å². The number of nitrogens with two attached hydrogens (primary N) is 1. The van der Waals surface area contributed by atoms with Gasteiger partial charge in [-0.05, 0) is 18.4 Å². The second kappa shape index (κ2) is 3.03. The van der Waals surface area contributed by atoms with E-state index in [1.807, 2.05) is 0 Å². The van der Waals surface area contributed by atoms with Crippen molar-refractivity contribution in [3.63, 3.8) is 0 Å². The minimum atomic E-state index is 0.597. The first-order chi connectivity index (χ1) is 3.18. The number of hydrogen-bond donors (Lipinski definition) is 1. The Bertz CT molecular complexity index is 41.4. The Morgan fingerprint density at radius 2 is 2.00 bits per heavy atom. The highest BCUT2D eigenvalue weighted by atomic mass is 14.5. The van der Waals surface area contributed by atoms with Crippen LogP contribution in [-0.2, 0) is 0 Å². The maximum Gasteiger partial charge on any atom is -0.00462 e. The van der Waals surface area contributed by atoms with Crippen LogP contribution >= 0.6 is 0 Å². The molecule has 0 aliphatic heterocycles. The molecule has 0 aromatic heterocycles. The van der Waals surface area contributed by atoms with Crippen molar-refractivity contribution in [1.29, 1.82) is 0 Å². The van der Waals surface area contributed by atoms with Gasteiger partial charge in [0.1, 0.15) is 0 Å². The molecular formula is C6H14N. The molecule has 0 saturated heterocycles. The van der Waals surface area contributed by atoms with Gasteiger partial charge >= 0.3 is 0 Å². The van der Waals surface area contributed by atoms with Crippen LogP contribution in [-0.4, -0.2) is 6.54 Å². The zero-order valence-corrected chi connectivity index (χ0v) is 5.36. The summed E-state index contributed by atoms with van der Waals surface area (Å²) in [6.07, 6.45) is 0. The van der Waals surface area contributed by atoms with Crippen molar-refractivity contribution < 1.29 is 0 Å².